The molecular weight excluding hydrogens is 258 g/mol. The molecular formula is C15H21NO2S. The lowest BCUT2D eigenvalue weighted by atomic mass is 9.85. The predicted octanol–water partition coefficient (Wildman–Crippen LogP) is 3.07. The molecule has 0 radical (unpaired) electrons. The molecule has 1 aliphatic heterocycles. The van der Waals surface area contributed by atoms with Gasteiger partial charge in [0.25, 0.3) is 0 Å². The lowest BCUT2D eigenvalue weighted by molar-refractivity contribution is 0.171. The molecule has 0 amide bonds. The first kappa shape index (κ1) is 13.1. The Morgan fingerprint density at radius 2 is 1.95 bits per heavy atom. The Hall–Kier alpha value is -0.870. The molecule has 1 heterocycles. The summed E-state index contributed by atoms with van der Waals surface area (Å²) >= 11 is 1.77. The van der Waals surface area contributed by atoms with Crippen LogP contribution in [0.4, 0.5) is 0 Å². The number of thioether (sulfide) groups is 1. The fraction of sp³-hybridized carbons (Fsp3) is 0.600. The highest BCUT2D eigenvalue weighted by atomic mass is 32.2. The molecule has 0 bridgehead atoms. The van der Waals surface area contributed by atoms with E-state index in [9.17, 15) is 0 Å². The molecule has 0 spiro atoms. The molecule has 1 aliphatic carbocycles. The van der Waals surface area contributed by atoms with Crippen molar-refractivity contribution in [1.29, 1.82) is 0 Å². The number of hydrogen-bond acceptors (Lipinski definition) is 4. The van der Waals surface area contributed by atoms with E-state index in [0.717, 1.165) is 30.5 Å². The number of ether oxygens (including phenoxy) is 2. The van der Waals surface area contributed by atoms with Crippen molar-refractivity contribution in [3.05, 3.63) is 17.7 Å². The van der Waals surface area contributed by atoms with Crippen molar-refractivity contribution in [2.24, 2.45) is 5.92 Å². The van der Waals surface area contributed by atoms with Gasteiger partial charge in [0, 0.05) is 11.4 Å². The minimum Gasteiger partial charge on any atom is -0.486 e. The van der Waals surface area contributed by atoms with E-state index < -0.39 is 0 Å². The smallest absolute Gasteiger partial charge is 0.162 e. The second-order valence-electron chi connectivity index (χ2n) is 5.24. The van der Waals surface area contributed by atoms with Crippen molar-refractivity contribution in [2.45, 2.75) is 30.7 Å². The Balaban J connectivity index is 1.67. The molecule has 0 atom stereocenters. The third kappa shape index (κ3) is 3.00. The second kappa shape index (κ2) is 6.06. The number of hydrogen-bond donors (Lipinski definition) is 1. The van der Waals surface area contributed by atoms with E-state index in [4.69, 9.17) is 9.47 Å². The highest BCUT2D eigenvalue weighted by Gasteiger charge is 2.18. The Bertz CT molecular complexity index is 446. The van der Waals surface area contributed by atoms with Gasteiger partial charge in [0.05, 0.1) is 0 Å². The Kier molecular flexibility index (Phi) is 4.18. The molecule has 1 aromatic carbocycles. The first-order valence-electron chi connectivity index (χ1n) is 7.04. The van der Waals surface area contributed by atoms with Gasteiger partial charge in [0.1, 0.15) is 13.2 Å². The summed E-state index contributed by atoms with van der Waals surface area (Å²) in [6, 6.07) is 4.24. The molecule has 19 heavy (non-hydrogen) atoms. The maximum atomic E-state index is 5.66. The summed E-state index contributed by atoms with van der Waals surface area (Å²) in [7, 11) is 0. The largest absolute Gasteiger partial charge is 0.486 e. The summed E-state index contributed by atoms with van der Waals surface area (Å²) in [4.78, 5) is 1.28. The lowest BCUT2D eigenvalue weighted by Crippen LogP contribution is -2.27. The van der Waals surface area contributed by atoms with Gasteiger partial charge in [0.2, 0.25) is 0 Å². The van der Waals surface area contributed by atoms with E-state index in [1.807, 2.05) is 0 Å². The average molecular weight is 279 g/mol. The van der Waals surface area contributed by atoms with Crippen LogP contribution in [-0.4, -0.2) is 26.0 Å². The normalized spacial score (nSPS) is 18.2. The maximum Gasteiger partial charge on any atom is 0.162 e. The summed E-state index contributed by atoms with van der Waals surface area (Å²) < 4.78 is 11.3. The summed E-state index contributed by atoms with van der Waals surface area (Å²) in [6.07, 6.45) is 6.31. The zero-order valence-electron chi connectivity index (χ0n) is 11.4. The summed E-state index contributed by atoms with van der Waals surface area (Å²) in [6.45, 7) is 3.37. The van der Waals surface area contributed by atoms with Crippen molar-refractivity contribution < 1.29 is 9.47 Å². The van der Waals surface area contributed by atoms with Gasteiger partial charge in [0.15, 0.2) is 11.5 Å². The van der Waals surface area contributed by atoms with E-state index in [1.165, 1.54) is 29.7 Å². The molecule has 1 aromatic rings. The van der Waals surface area contributed by atoms with Crippen LogP contribution in [0.15, 0.2) is 17.0 Å². The zero-order chi connectivity index (χ0) is 13.1. The number of benzene rings is 1. The highest BCUT2D eigenvalue weighted by Crippen LogP contribution is 2.36. The van der Waals surface area contributed by atoms with Gasteiger partial charge in [-0.25, -0.2) is 0 Å². The van der Waals surface area contributed by atoms with E-state index in [0.29, 0.717) is 13.2 Å². The van der Waals surface area contributed by atoms with Crippen LogP contribution in [0.1, 0.15) is 24.8 Å². The number of rotatable bonds is 5. The van der Waals surface area contributed by atoms with E-state index in [-0.39, 0.29) is 0 Å². The van der Waals surface area contributed by atoms with Crippen molar-refractivity contribution in [1.82, 2.24) is 5.32 Å². The first-order chi connectivity index (χ1) is 9.36. The van der Waals surface area contributed by atoms with E-state index in [2.05, 4.69) is 23.7 Å². The molecule has 4 heteroatoms. The van der Waals surface area contributed by atoms with Gasteiger partial charge in [-0.15, -0.1) is 11.8 Å². The highest BCUT2D eigenvalue weighted by molar-refractivity contribution is 7.98. The molecule has 1 N–H and O–H groups in total. The standard InChI is InChI=1S/C15H21NO2S/c1-19-15-8-14-13(17-5-6-18-14)7-12(15)10-16-9-11-3-2-4-11/h7-8,11,16H,2-6,9-10H2,1H3. The third-order valence-electron chi connectivity index (χ3n) is 3.92. The SMILES string of the molecule is CSc1cc2c(cc1CNCC1CCC1)OCCO2. The Morgan fingerprint density at radius 3 is 2.58 bits per heavy atom. The van der Waals surface area contributed by atoms with E-state index >= 15 is 0 Å². The van der Waals surface area contributed by atoms with Crippen LogP contribution in [-0.2, 0) is 6.54 Å². The van der Waals surface area contributed by atoms with Crippen LogP contribution in [0, 0.1) is 5.92 Å². The van der Waals surface area contributed by atoms with Crippen LogP contribution in [0.5, 0.6) is 11.5 Å². The number of fused-ring (bicyclic) bond motifs is 1. The van der Waals surface area contributed by atoms with Crippen LogP contribution in [0.2, 0.25) is 0 Å². The van der Waals surface area contributed by atoms with Gasteiger partial charge in [-0.1, -0.05) is 6.42 Å². The fourth-order valence-electron chi connectivity index (χ4n) is 2.55. The fourth-order valence-corrected chi connectivity index (χ4v) is 3.17. The summed E-state index contributed by atoms with van der Waals surface area (Å²) in [5.41, 5.74) is 1.32. The molecule has 1 saturated carbocycles. The van der Waals surface area contributed by atoms with Crippen LogP contribution < -0.4 is 14.8 Å². The van der Waals surface area contributed by atoms with Crippen LogP contribution in [0.3, 0.4) is 0 Å². The van der Waals surface area contributed by atoms with Gasteiger partial charge >= 0.3 is 0 Å². The monoisotopic (exact) mass is 279 g/mol. The molecule has 0 unspecified atom stereocenters. The van der Waals surface area contributed by atoms with Crippen molar-refractivity contribution in [3.63, 3.8) is 0 Å². The minimum absolute atomic E-state index is 0.653. The van der Waals surface area contributed by atoms with E-state index in [1.54, 1.807) is 11.8 Å². The van der Waals surface area contributed by atoms with Crippen molar-refractivity contribution in [2.75, 3.05) is 26.0 Å². The molecule has 2 aliphatic rings. The van der Waals surface area contributed by atoms with Crippen LogP contribution >= 0.6 is 11.8 Å². The van der Waals surface area contributed by atoms with Crippen molar-refractivity contribution >= 4 is 11.8 Å². The molecule has 104 valence electrons. The Labute approximate surface area is 119 Å². The summed E-state index contributed by atoms with van der Waals surface area (Å²) in [5, 5.41) is 3.58. The quantitative estimate of drug-likeness (QED) is 0.839. The van der Waals surface area contributed by atoms with Gasteiger partial charge in [-0.05, 0) is 49.3 Å². The molecule has 3 rings (SSSR count). The van der Waals surface area contributed by atoms with Gasteiger partial charge < -0.3 is 14.8 Å². The molecule has 3 nitrogen and oxygen atoms in total. The second-order valence-corrected chi connectivity index (χ2v) is 6.08. The zero-order valence-corrected chi connectivity index (χ0v) is 12.2. The maximum absolute atomic E-state index is 5.66. The summed E-state index contributed by atoms with van der Waals surface area (Å²) in [5.74, 6) is 2.68. The minimum atomic E-state index is 0.653. The molecule has 1 fully saturated rings. The molecule has 0 aromatic heterocycles. The predicted molar refractivity (Wildman–Crippen MR) is 78.3 cm³/mol. The van der Waals surface area contributed by atoms with Crippen LogP contribution in [0.25, 0.3) is 0 Å². The molecule has 0 saturated heterocycles. The lowest BCUT2D eigenvalue weighted by Gasteiger charge is -2.26. The number of nitrogens with one attached hydrogen (secondary N) is 1. The average Bonchev–Trinajstić information content (AvgIpc) is 2.40. The first-order valence-corrected chi connectivity index (χ1v) is 8.26. The Morgan fingerprint density at radius 1 is 1.21 bits per heavy atom. The van der Waals surface area contributed by atoms with Crippen molar-refractivity contribution in [3.8, 4) is 11.5 Å². The van der Waals surface area contributed by atoms with Gasteiger partial charge in [-0.3, -0.25) is 0 Å². The van der Waals surface area contributed by atoms with Gasteiger partial charge in [-0.2, -0.15) is 0 Å². The third-order valence-corrected chi connectivity index (χ3v) is 4.74. The topological polar surface area (TPSA) is 30.5 Å².